The lowest BCUT2D eigenvalue weighted by molar-refractivity contribution is -0.121. The molecule has 1 amide bonds. The van der Waals surface area contributed by atoms with Gasteiger partial charge < -0.3 is 10.6 Å². The molecule has 0 aromatic heterocycles. The largest absolute Gasteiger partial charge is 0.355 e. The molecule has 0 aliphatic heterocycles. The number of hydrogen-bond donors (Lipinski definition) is 2. The number of amides is 1. The maximum atomic E-state index is 11.4. The Morgan fingerprint density at radius 1 is 1.40 bits per heavy atom. The smallest absolute Gasteiger partial charge is 0.221 e. The molecule has 0 rings (SSSR count). The zero-order valence-electron chi connectivity index (χ0n) is 10.5. The van der Waals surface area contributed by atoms with Crippen LogP contribution >= 0.6 is 11.8 Å². The Kier molecular flexibility index (Phi) is 7.02. The second-order valence-electron chi connectivity index (χ2n) is 4.78. The molecule has 1 atom stereocenters. The fourth-order valence-electron chi connectivity index (χ4n) is 0.980. The molecule has 0 aromatic carbocycles. The van der Waals surface area contributed by atoms with Gasteiger partial charge >= 0.3 is 0 Å². The van der Waals surface area contributed by atoms with Crippen molar-refractivity contribution >= 4 is 17.7 Å². The lowest BCUT2D eigenvalue weighted by Gasteiger charge is -2.20. The average Bonchev–Trinajstić information content (AvgIpc) is 2.12. The van der Waals surface area contributed by atoms with Gasteiger partial charge in [-0.1, -0.05) is 6.92 Å². The Hall–Kier alpha value is -0.220. The van der Waals surface area contributed by atoms with Gasteiger partial charge in [-0.05, 0) is 27.0 Å². The van der Waals surface area contributed by atoms with Crippen LogP contribution in [0, 0.1) is 0 Å². The lowest BCUT2D eigenvalue weighted by atomic mass is 10.1. The Balaban J connectivity index is 3.50. The van der Waals surface area contributed by atoms with Crippen LogP contribution in [0.1, 0.15) is 34.1 Å². The summed E-state index contributed by atoms with van der Waals surface area (Å²) in [4.78, 5) is 11.4. The SMILES string of the molecule is CSC(C)CNC(=O)CCNC(C)(C)C. The van der Waals surface area contributed by atoms with E-state index in [0.29, 0.717) is 11.7 Å². The zero-order valence-corrected chi connectivity index (χ0v) is 11.3. The van der Waals surface area contributed by atoms with Gasteiger partial charge in [-0.15, -0.1) is 0 Å². The van der Waals surface area contributed by atoms with Gasteiger partial charge in [-0.3, -0.25) is 4.79 Å². The minimum Gasteiger partial charge on any atom is -0.355 e. The third kappa shape index (κ3) is 10.1. The summed E-state index contributed by atoms with van der Waals surface area (Å²) in [7, 11) is 0. The highest BCUT2D eigenvalue weighted by Crippen LogP contribution is 2.02. The molecule has 0 spiro atoms. The number of thioether (sulfide) groups is 1. The predicted octanol–water partition coefficient (Wildman–Crippen LogP) is 1.63. The van der Waals surface area contributed by atoms with Gasteiger partial charge in [-0.2, -0.15) is 11.8 Å². The highest BCUT2D eigenvalue weighted by atomic mass is 32.2. The van der Waals surface area contributed by atoms with Gasteiger partial charge in [0.2, 0.25) is 5.91 Å². The van der Waals surface area contributed by atoms with Crippen LogP contribution in [-0.4, -0.2) is 36.0 Å². The highest BCUT2D eigenvalue weighted by molar-refractivity contribution is 7.99. The molecule has 0 saturated carbocycles. The van der Waals surface area contributed by atoms with E-state index in [4.69, 9.17) is 0 Å². The summed E-state index contributed by atoms with van der Waals surface area (Å²) in [5.74, 6) is 0.132. The first-order valence-electron chi connectivity index (χ1n) is 5.39. The van der Waals surface area contributed by atoms with E-state index in [1.165, 1.54) is 0 Å². The molecule has 3 nitrogen and oxygen atoms in total. The van der Waals surface area contributed by atoms with Gasteiger partial charge in [0.25, 0.3) is 0 Å². The van der Waals surface area contributed by atoms with Crippen LogP contribution in [0.25, 0.3) is 0 Å². The van der Waals surface area contributed by atoms with Crippen LogP contribution in [0.5, 0.6) is 0 Å². The summed E-state index contributed by atoms with van der Waals surface area (Å²) >= 11 is 1.76. The topological polar surface area (TPSA) is 41.1 Å². The Morgan fingerprint density at radius 2 is 2.00 bits per heavy atom. The summed E-state index contributed by atoms with van der Waals surface area (Å²) in [6.45, 7) is 9.90. The first-order chi connectivity index (χ1) is 6.85. The molecule has 0 aromatic rings. The van der Waals surface area contributed by atoms with Gasteiger partial charge in [0.1, 0.15) is 0 Å². The molecule has 0 aliphatic rings. The number of carbonyl (C=O) groups excluding carboxylic acids is 1. The monoisotopic (exact) mass is 232 g/mol. The van der Waals surface area contributed by atoms with E-state index in [2.05, 4.69) is 44.6 Å². The zero-order chi connectivity index (χ0) is 11.9. The third-order valence-corrected chi connectivity index (χ3v) is 2.97. The quantitative estimate of drug-likeness (QED) is 0.731. The lowest BCUT2D eigenvalue weighted by Crippen LogP contribution is -2.39. The van der Waals surface area contributed by atoms with E-state index in [0.717, 1.165) is 13.1 Å². The van der Waals surface area contributed by atoms with Crippen molar-refractivity contribution < 1.29 is 4.79 Å². The van der Waals surface area contributed by atoms with Crippen molar-refractivity contribution in [2.75, 3.05) is 19.3 Å². The molecule has 0 fully saturated rings. The number of rotatable bonds is 6. The van der Waals surface area contributed by atoms with Gasteiger partial charge in [-0.25, -0.2) is 0 Å². The molecule has 15 heavy (non-hydrogen) atoms. The standard InChI is InChI=1S/C11H24N2OS/c1-9(15-5)8-12-10(14)6-7-13-11(2,3)4/h9,13H,6-8H2,1-5H3,(H,12,14). The second-order valence-corrected chi connectivity index (χ2v) is 6.05. The maximum Gasteiger partial charge on any atom is 0.221 e. The number of nitrogens with one attached hydrogen (secondary N) is 2. The van der Waals surface area contributed by atoms with Crippen molar-refractivity contribution in [1.82, 2.24) is 10.6 Å². The average molecular weight is 232 g/mol. The summed E-state index contributed by atoms with van der Waals surface area (Å²) in [5, 5.41) is 6.70. The third-order valence-electron chi connectivity index (χ3n) is 2.00. The highest BCUT2D eigenvalue weighted by Gasteiger charge is 2.09. The van der Waals surface area contributed by atoms with E-state index in [1.807, 2.05) is 0 Å². The van der Waals surface area contributed by atoms with E-state index >= 15 is 0 Å². The summed E-state index contributed by atoms with van der Waals surface area (Å²) < 4.78 is 0. The van der Waals surface area contributed by atoms with Crippen LogP contribution in [0.15, 0.2) is 0 Å². The molecule has 4 heteroatoms. The maximum absolute atomic E-state index is 11.4. The molecule has 0 radical (unpaired) electrons. The van der Waals surface area contributed by atoms with Crippen LogP contribution in [-0.2, 0) is 4.79 Å². The van der Waals surface area contributed by atoms with E-state index in [9.17, 15) is 4.79 Å². The fraction of sp³-hybridized carbons (Fsp3) is 0.909. The van der Waals surface area contributed by atoms with Crippen molar-refractivity contribution in [2.24, 2.45) is 0 Å². The van der Waals surface area contributed by atoms with Gasteiger partial charge in [0.05, 0.1) is 0 Å². The fourth-order valence-corrected chi connectivity index (χ4v) is 1.23. The summed E-state index contributed by atoms with van der Waals surface area (Å²) in [6.07, 6.45) is 2.61. The van der Waals surface area contributed by atoms with Crippen LogP contribution in [0.2, 0.25) is 0 Å². The molecule has 1 unspecified atom stereocenters. The van der Waals surface area contributed by atoms with Crippen LogP contribution in [0.3, 0.4) is 0 Å². The Labute approximate surface area is 97.8 Å². The van der Waals surface area contributed by atoms with E-state index in [-0.39, 0.29) is 11.4 Å². The molecular formula is C11H24N2OS. The van der Waals surface area contributed by atoms with Crippen molar-refractivity contribution in [2.45, 2.75) is 44.9 Å². The van der Waals surface area contributed by atoms with Crippen molar-refractivity contribution in [3.8, 4) is 0 Å². The number of carbonyl (C=O) groups is 1. The molecule has 0 saturated heterocycles. The van der Waals surface area contributed by atoms with E-state index < -0.39 is 0 Å². The Bertz CT molecular complexity index is 190. The first kappa shape index (κ1) is 14.8. The van der Waals surface area contributed by atoms with Crippen LogP contribution in [0.4, 0.5) is 0 Å². The number of hydrogen-bond acceptors (Lipinski definition) is 3. The van der Waals surface area contributed by atoms with Crippen molar-refractivity contribution in [3.05, 3.63) is 0 Å². The molecule has 0 heterocycles. The minimum absolute atomic E-state index is 0.0901. The van der Waals surface area contributed by atoms with E-state index in [1.54, 1.807) is 11.8 Å². The van der Waals surface area contributed by atoms with Gasteiger partial charge in [0, 0.05) is 30.3 Å². The molecule has 0 bridgehead atoms. The molecule has 0 aliphatic carbocycles. The normalized spacial score (nSPS) is 13.7. The first-order valence-corrected chi connectivity index (χ1v) is 6.68. The molecule has 2 N–H and O–H groups in total. The Morgan fingerprint density at radius 3 is 2.47 bits per heavy atom. The second kappa shape index (κ2) is 7.12. The molecular weight excluding hydrogens is 208 g/mol. The predicted molar refractivity (Wildman–Crippen MR) is 68.4 cm³/mol. The van der Waals surface area contributed by atoms with Crippen LogP contribution < -0.4 is 10.6 Å². The van der Waals surface area contributed by atoms with Gasteiger partial charge in [0.15, 0.2) is 0 Å². The summed E-state index contributed by atoms with van der Waals surface area (Å²) in [5.41, 5.74) is 0.0901. The molecule has 90 valence electrons. The van der Waals surface area contributed by atoms with Crippen molar-refractivity contribution in [1.29, 1.82) is 0 Å². The summed E-state index contributed by atoms with van der Waals surface area (Å²) in [6, 6.07) is 0. The van der Waals surface area contributed by atoms with Crippen molar-refractivity contribution in [3.63, 3.8) is 0 Å². The minimum atomic E-state index is 0.0901.